The van der Waals surface area contributed by atoms with E-state index in [-0.39, 0.29) is 0 Å². The minimum absolute atomic E-state index is 0.674. The van der Waals surface area contributed by atoms with Crippen LogP contribution in [-0.4, -0.2) is 15.0 Å². The average molecular weight is 826 g/mol. The third-order valence-corrected chi connectivity index (χ3v) is 14.3. The van der Waals surface area contributed by atoms with Gasteiger partial charge >= 0.3 is 0 Å². The number of thiophene rings is 2. The Morgan fingerprint density at radius 2 is 0.774 bits per heavy atom. The van der Waals surface area contributed by atoms with Crippen molar-refractivity contribution in [1.82, 2.24) is 15.0 Å². The van der Waals surface area contributed by atoms with Crippen molar-refractivity contribution in [3.05, 3.63) is 213 Å². The van der Waals surface area contributed by atoms with Gasteiger partial charge in [-0.1, -0.05) is 158 Å². The molecule has 0 radical (unpaired) electrons. The highest BCUT2D eigenvalue weighted by molar-refractivity contribution is 7.26. The van der Waals surface area contributed by atoms with E-state index in [1.165, 1.54) is 57.0 Å². The summed E-state index contributed by atoms with van der Waals surface area (Å²) in [6.07, 6.45) is 3.70. The first-order valence-electron chi connectivity index (χ1n) is 20.7. The molecule has 4 aromatic heterocycles. The minimum atomic E-state index is 0.674. The number of hydrogen-bond donors (Lipinski definition) is 0. The summed E-state index contributed by atoms with van der Waals surface area (Å²) in [5, 5.41) is 5.14. The molecule has 0 saturated heterocycles. The van der Waals surface area contributed by atoms with Gasteiger partial charge in [0.2, 0.25) is 0 Å². The van der Waals surface area contributed by atoms with Gasteiger partial charge in [-0.25, -0.2) is 9.97 Å². The predicted octanol–water partition coefficient (Wildman–Crippen LogP) is 16.3. The van der Waals surface area contributed by atoms with Crippen LogP contribution in [0.3, 0.4) is 0 Å². The lowest BCUT2D eigenvalue weighted by molar-refractivity contribution is 1.18. The van der Waals surface area contributed by atoms with Crippen LogP contribution in [0.25, 0.3) is 119 Å². The van der Waals surface area contributed by atoms with Gasteiger partial charge in [-0.05, 0) is 87.0 Å². The Morgan fingerprint density at radius 1 is 0.306 bits per heavy atom. The number of rotatable bonds is 7. The molecule has 12 aromatic rings. The molecule has 0 aliphatic rings. The molecule has 62 heavy (non-hydrogen) atoms. The van der Waals surface area contributed by atoms with Crippen molar-refractivity contribution >= 4 is 63.0 Å². The summed E-state index contributed by atoms with van der Waals surface area (Å²) < 4.78 is 5.15. The highest BCUT2D eigenvalue weighted by atomic mass is 32.1. The highest BCUT2D eigenvalue weighted by Crippen LogP contribution is 2.45. The molecule has 0 aliphatic carbocycles. The second kappa shape index (κ2) is 15.2. The number of fused-ring (bicyclic) bond motifs is 6. The zero-order valence-corrected chi connectivity index (χ0v) is 35.0. The second-order valence-corrected chi connectivity index (χ2v) is 17.7. The van der Waals surface area contributed by atoms with E-state index in [1.807, 2.05) is 34.9 Å². The second-order valence-electron chi connectivity index (χ2n) is 15.6. The molecule has 0 N–H and O–H groups in total. The van der Waals surface area contributed by atoms with Gasteiger partial charge in [-0.15, -0.1) is 22.7 Å². The molecule has 3 nitrogen and oxygen atoms in total. The third kappa shape index (κ3) is 6.47. The van der Waals surface area contributed by atoms with Crippen LogP contribution < -0.4 is 0 Å². The number of pyridine rings is 1. The van der Waals surface area contributed by atoms with Crippen molar-refractivity contribution in [3.63, 3.8) is 0 Å². The standard InChI is InChI=1S/C57H35N3S2/c1-2-11-36(12-3-1)37-22-26-39(27-23-37)51-34-52(60-57(59-51)40-28-24-38(25-29-40)41-13-10-30-58-35-41)44-32-42(45-16-8-18-49-47-14-4-6-20-53(47)61-55(45)49)31-43(33-44)46-17-9-19-50-48-15-5-7-21-54(48)62-56(46)50/h1-35H. The summed E-state index contributed by atoms with van der Waals surface area (Å²) in [5.41, 5.74) is 14.0. The van der Waals surface area contributed by atoms with Gasteiger partial charge in [-0.2, -0.15) is 0 Å². The Bertz CT molecular complexity index is 3380. The number of aromatic nitrogens is 3. The molecule has 8 aromatic carbocycles. The van der Waals surface area contributed by atoms with Crippen molar-refractivity contribution in [2.75, 3.05) is 0 Å². The molecule has 5 heteroatoms. The smallest absolute Gasteiger partial charge is 0.160 e. The van der Waals surface area contributed by atoms with E-state index in [2.05, 4.69) is 199 Å². The van der Waals surface area contributed by atoms with Gasteiger partial charge in [0.1, 0.15) is 0 Å². The van der Waals surface area contributed by atoms with E-state index in [1.54, 1.807) is 6.20 Å². The molecular weight excluding hydrogens is 791 g/mol. The van der Waals surface area contributed by atoms with E-state index < -0.39 is 0 Å². The van der Waals surface area contributed by atoms with Crippen LogP contribution >= 0.6 is 22.7 Å². The fraction of sp³-hybridized carbons (Fsp3) is 0. The van der Waals surface area contributed by atoms with Gasteiger partial charge in [-0.3, -0.25) is 4.98 Å². The van der Waals surface area contributed by atoms with Crippen molar-refractivity contribution in [1.29, 1.82) is 0 Å². The quantitative estimate of drug-likeness (QED) is 0.161. The summed E-state index contributed by atoms with van der Waals surface area (Å²) in [7, 11) is 0. The lowest BCUT2D eigenvalue weighted by atomic mass is 9.93. The Labute approximate surface area is 366 Å². The maximum absolute atomic E-state index is 5.41. The Kier molecular flexibility index (Phi) is 8.87. The minimum Gasteiger partial charge on any atom is -0.264 e. The van der Waals surface area contributed by atoms with Crippen molar-refractivity contribution in [3.8, 4) is 78.4 Å². The molecule has 0 unspecified atom stereocenters. The lowest BCUT2D eigenvalue weighted by Gasteiger charge is -2.14. The molecule has 0 bridgehead atoms. The molecule has 4 heterocycles. The van der Waals surface area contributed by atoms with Crippen LogP contribution in [0.4, 0.5) is 0 Å². The van der Waals surface area contributed by atoms with Gasteiger partial charge < -0.3 is 0 Å². The monoisotopic (exact) mass is 825 g/mol. The maximum Gasteiger partial charge on any atom is 0.160 e. The van der Waals surface area contributed by atoms with Crippen LogP contribution in [-0.2, 0) is 0 Å². The molecule has 0 fully saturated rings. The SMILES string of the molecule is c1ccc(-c2ccc(-c3cc(-c4cc(-c5cccc6c5sc5ccccc56)cc(-c5cccc6c5sc5ccccc56)c4)nc(-c4ccc(-c5cccnc5)cc4)n3)cc2)cc1. The number of benzene rings is 8. The molecule has 0 atom stereocenters. The van der Waals surface area contributed by atoms with E-state index >= 15 is 0 Å². The third-order valence-electron chi connectivity index (χ3n) is 11.8. The molecule has 12 rings (SSSR count). The predicted molar refractivity (Wildman–Crippen MR) is 264 cm³/mol. The topological polar surface area (TPSA) is 38.7 Å². The first-order valence-corrected chi connectivity index (χ1v) is 22.4. The van der Waals surface area contributed by atoms with Crippen LogP contribution in [0.2, 0.25) is 0 Å². The van der Waals surface area contributed by atoms with Crippen LogP contribution in [0, 0.1) is 0 Å². The molecule has 290 valence electrons. The van der Waals surface area contributed by atoms with Crippen molar-refractivity contribution in [2.24, 2.45) is 0 Å². The average Bonchev–Trinajstić information content (AvgIpc) is 3.93. The van der Waals surface area contributed by atoms with Gasteiger partial charge in [0.15, 0.2) is 5.82 Å². The Morgan fingerprint density at radius 3 is 1.37 bits per heavy atom. The summed E-state index contributed by atoms with van der Waals surface area (Å²) in [6, 6.07) is 71.9. The van der Waals surface area contributed by atoms with Crippen LogP contribution in [0.15, 0.2) is 213 Å². The van der Waals surface area contributed by atoms with Crippen molar-refractivity contribution in [2.45, 2.75) is 0 Å². The van der Waals surface area contributed by atoms with E-state index in [4.69, 9.17) is 9.97 Å². The van der Waals surface area contributed by atoms with E-state index in [9.17, 15) is 0 Å². The maximum atomic E-state index is 5.41. The summed E-state index contributed by atoms with van der Waals surface area (Å²) >= 11 is 3.73. The summed E-state index contributed by atoms with van der Waals surface area (Å²) in [5.74, 6) is 0.674. The zero-order chi connectivity index (χ0) is 41.0. The fourth-order valence-corrected chi connectivity index (χ4v) is 11.2. The zero-order valence-electron chi connectivity index (χ0n) is 33.4. The number of hydrogen-bond acceptors (Lipinski definition) is 5. The molecule has 0 spiro atoms. The first kappa shape index (κ1) is 36.3. The molecular formula is C57H35N3S2. The van der Waals surface area contributed by atoms with Crippen LogP contribution in [0.5, 0.6) is 0 Å². The van der Waals surface area contributed by atoms with Crippen LogP contribution in [0.1, 0.15) is 0 Å². The van der Waals surface area contributed by atoms with Crippen molar-refractivity contribution < 1.29 is 0 Å². The van der Waals surface area contributed by atoms with Gasteiger partial charge in [0.25, 0.3) is 0 Å². The van der Waals surface area contributed by atoms with E-state index in [0.29, 0.717) is 5.82 Å². The Hall–Kier alpha value is -7.57. The van der Waals surface area contributed by atoms with Gasteiger partial charge in [0, 0.05) is 69.4 Å². The fourth-order valence-electron chi connectivity index (χ4n) is 8.72. The van der Waals surface area contributed by atoms with E-state index in [0.717, 1.165) is 55.9 Å². The molecule has 0 saturated carbocycles. The normalized spacial score (nSPS) is 11.5. The number of nitrogens with zero attached hydrogens (tertiary/aromatic N) is 3. The first-order chi connectivity index (χ1) is 30.7. The highest BCUT2D eigenvalue weighted by Gasteiger charge is 2.18. The summed E-state index contributed by atoms with van der Waals surface area (Å²) in [6.45, 7) is 0. The lowest BCUT2D eigenvalue weighted by Crippen LogP contribution is -1.97. The molecule has 0 amide bonds. The molecule has 0 aliphatic heterocycles. The van der Waals surface area contributed by atoms with Gasteiger partial charge in [0.05, 0.1) is 11.4 Å². The summed E-state index contributed by atoms with van der Waals surface area (Å²) in [4.78, 5) is 15.0. The Balaban J connectivity index is 1.08. The largest absolute Gasteiger partial charge is 0.264 e.